The van der Waals surface area contributed by atoms with Crippen molar-refractivity contribution in [2.45, 2.75) is 110 Å². The van der Waals surface area contributed by atoms with Crippen molar-refractivity contribution in [1.82, 2.24) is 20.9 Å². The Kier molecular flexibility index (Phi) is 13.1. The summed E-state index contributed by atoms with van der Waals surface area (Å²) in [4.78, 5) is 73.6. The highest BCUT2D eigenvalue weighted by atomic mass is 16.5. The molecule has 1 aliphatic rings. The Morgan fingerprint density at radius 1 is 1.03 bits per heavy atom. The molecule has 2 radical (unpaired) electrons. The second-order valence-electron chi connectivity index (χ2n) is 11.5. The molecule has 218 valence electrons. The fourth-order valence-corrected chi connectivity index (χ4v) is 4.27. The van der Waals surface area contributed by atoms with E-state index in [2.05, 4.69) is 16.0 Å². The molecular formula is C26H44BN5O7. The van der Waals surface area contributed by atoms with Crippen LogP contribution in [0.4, 0.5) is 4.79 Å². The molecule has 1 saturated heterocycles. The van der Waals surface area contributed by atoms with Gasteiger partial charge in [-0.2, -0.15) is 0 Å². The largest absolute Gasteiger partial charge is 0.375 e. The van der Waals surface area contributed by atoms with E-state index >= 15 is 0 Å². The zero-order valence-electron chi connectivity index (χ0n) is 24.1. The summed E-state index contributed by atoms with van der Waals surface area (Å²) in [5.41, 5.74) is 2.95. The molecule has 12 nitrogen and oxygen atoms in total. The lowest BCUT2D eigenvalue weighted by Crippen LogP contribution is -2.54. The van der Waals surface area contributed by atoms with Crippen molar-refractivity contribution in [3.63, 3.8) is 0 Å². The molecule has 1 rings (SSSR count). The SMILES string of the molecule is [B]C(=O)[C@H](CCCNC(N)=O)NC(=O)C(NC(=O)CCC(C)(C)OCCC(C)(C)N1C(=O)CCC1=O)C(C)C. The van der Waals surface area contributed by atoms with E-state index in [9.17, 15) is 28.8 Å². The summed E-state index contributed by atoms with van der Waals surface area (Å²) in [6, 6.07) is -2.54. The van der Waals surface area contributed by atoms with Crippen molar-refractivity contribution in [1.29, 1.82) is 0 Å². The van der Waals surface area contributed by atoms with Gasteiger partial charge in [0.2, 0.25) is 23.6 Å². The van der Waals surface area contributed by atoms with E-state index in [1.54, 1.807) is 13.8 Å². The standard InChI is InChI=1S/C26H44BN5O7/c1-16(2)21(23(37)30-17(22(27)36)8-7-14-29-24(28)38)31-18(33)11-12-26(5,6)39-15-13-25(3,4)32-19(34)9-10-20(32)35/h16-17,21H,7-15H2,1-6H3,(H,30,37)(H,31,33)(H3,28,29,38)/t17-,21?/m0/s1. The third-order valence-corrected chi connectivity index (χ3v) is 6.71. The lowest BCUT2D eigenvalue weighted by atomic mass is 9.91. The van der Waals surface area contributed by atoms with Crippen molar-refractivity contribution in [2.75, 3.05) is 13.2 Å². The number of rotatable bonds is 17. The summed E-state index contributed by atoms with van der Waals surface area (Å²) < 4.78 is 5.99. The molecule has 0 aromatic heterocycles. The molecule has 0 spiro atoms. The zero-order valence-corrected chi connectivity index (χ0v) is 24.1. The Hall–Kier alpha value is -2.96. The summed E-state index contributed by atoms with van der Waals surface area (Å²) in [5, 5.41) is 7.72. The average Bonchev–Trinajstić information content (AvgIpc) is 3.15. The predicted octanol–water partition coefficient (Wildman–Crippen LogP) is 0.649. The zero-order chi connectivity index (χ0) is 30.0. The second kappa shape index (κ2) is 15.0. The van der Waals surface area contributed by atoms with Gasteiger partial charge in [-0.1, -0.05) is 13.8 Å². The lowest BCUT2D eigenvalue weighted by Gasteiger charge is -2.35. The Bertz CT molecular complexity index is 906. The molecule has 0 bridgehead atoms. The van der Waals surface area contributed by atoms with Crippen LogP contribution in [-0.4, -0.2) is 84.5 Å². The molecule has 2 atom stereocenters. The van der Waals surface area contributed by atoms with Gasteiger partial charge in [-0.05, 0) is 59.3 Å². The van der Waals surface area contributed by atoms with Crippen molar-refractivity contribution < 1.29 is 33.5 Å². The van der Waals surface area contributed by atoms with Crippen molar-refractivity contribution in [3.05, 3.63) is 0 Å². The summed E-state index contributed by atoms with van der Waals surface area (Å²) >= 11 is 0. The number of primary amides is 1. The van der Waals surface area contributed by atoms with Crippen LogP contribution < -0.4 is 21.7 Å². The molecule has 13 heteroatoms. The fraction of sp³-hybridized carbons (Fsp3) is 0.769. The van der Waals surface area contributed by atoms with Crippen molar-refractivity contribution in [2.24, 2.45) is 11.7 Å². The van der Waals surface area contributed by atoms with E-state index in [1.165, 1.54) is 4.90 Å². The van der Waals surface area contributed by atoms with Gasteiger partial charge in [-0.15, -0.1) is 0 Å². The molecule has 0 aromatic rings. The number of hydrogen-bond donors (Lipinski definition) is 4. The highest BCUT2D eigenvalue weighted by Gasteiger charge is 2.40. The number of likely N-dealkylation sites (tertiary alicyclic amines) is 1. The molecule has 0 aliphatic carbocycles. The second-order valence-corrected chi connectivity index (χ2v) is 11.5. The van der Waals surface area contributed by atoms with Crippen LogP contribution in [0.1, 0.15) is 86.5 Å². The van der Waals surface area contributed by atoms with Gasteiger partial charge >= 0.3 is 6.03 Å². The fourth-order valence-electron chi connectivity index (χ4n) is 4.27. The molecule has 0 aromatic carbocycles. The topological polar surface area (TPSA) is 177 Å². The minimum absolute atomic E-state index is 0.0913. The van der Waals surface area contributed by atoms with Crippen LogP contribution in [0.2, 0.25) is 0 Å². The van der Waals surface area contributed by atoms with Gasteiger partial charge < -0.3 is 31.2 Å². The first-order valence-electron chi connectivity index (χ1n) is 13.4. The molecule has 1 aliphatic heterocycles. The molecule has 39 heavy (non-hydrogen) atoms. The van der Waals surface area contributed by atoms with Gasteiger partial charge in [-0.3, -0.25) is 24.1 Å². The predicted molar refractivity (Wildman–Crippen MR) is 145 cm³/mol. The molecule has 0 saturated carbocycles. The molecule has 5 N–H and O–H groups in total. The maximum atomic E-state index is 12.9. The van der Waals surface area contributed by atoms with Crippen LogP contribution in [-0.2, 0) is 28.7 Å². The number of carbonyl (C=O) groups is 6. The molecule has 1 heterocycles. The summed E-state index contributed by atoms with van der Waals surface area (Å²) in [7, 11) is 5.41. The number of carbonyl (C=O) groups excluding carboxylic acids is 6. The third kappa shape index (κ3) is 11.8. The van der Waals surface area contributed by atoms with Gasteiger partial charge in [0.15, 0.2) is 7.85 Å². The third-order valence-electron chi connectivity index (χ3n) is 6.71. The first-order chi connectivity index (χ1) is 18.0. The highest BCUT2D eigenvalue weighted by Crippen LogP contribution is 2.27. The molecule has 1 fully saturated rings. The Balaban J connectivity index is 2.58. The van der Waals surface area contributed by atoms with E-state index in [-0.39, 0.29) is 55.9 Å². The van der Waals surface area contributed by atoms with E-state index in [0.717, 1.165) is 0 Å². The first-order valence-corrected chi connectivity index (χ1v) is 13.4. The summed E-state index contributed by atoms with van der Waals surface area (Å²) in [6.07, 6.45) is 1.94. The first kappa shape index (κ1) is 34.1. The number of nitrogens with two attached hydrogens (primary N) is 1. The Morgan fingerprint density at radius 2 is 1.62 bits per heavy atom. The minimum Gasteiger partial charge on any atom is -0.375 e. The average molecular weight is 549 g/mol. The van der Waals surface area contributed by atoms with Crippen LogP contribution in [0, 0.1) is 5.92 Å². The van der Waals surface area contributed by atoms with Crippen LogP contribution in [0.15, 0.2) is 0 Å². The number of imide groups is 1. The van der Waals surface area contributed by atoms with Gasteiger partial charge in [0.25, 0.3) is 0 Å². The number of amides is 6. The van der Waals surface area contributed by atoms with Gasteiger partial charge in [0, 0.05) is 38.0 Å². The Labute approximate surface area is 232 Å². The number of urea groups is 1. The monoisotopic (exact) mass is 549 g/mol. The van der Waals surface area contributed by atoms with E-state index < -0.39 is 40.8 Å². The minimum atomic E-state index is -0.965. The van der Waals surface area contributed by atoms with Crippen LogP contribution in [0.5, 0.6) is 0 Å². The molecule has 1 unspecified atom stereocenters. The molecule has 6 amide bonds. The number of hydrogen-bond acceptors (Lipinski definition) is 7. The summed E-state index contributed by atoms with van der Waals surface area (Å²) in [5.74, 6) is -1.50. The van der Waals surface area contributed by atoms with Gasteiger partial charge in [0.05, 0.1) is 17.3 Å². The lowest BCUT2D eigenvalue weighted by molar-refractivity contribution is -0.145. The van der Waals surface area contributed by atoms with Crippen molar-refractivity contribution in [3.8, 4) is 0 Å². The van der Waals surface area contributed by atoms with E-state index in [4.69, 9.17) is 18.3 Å². The number of nitrogens with zero attached hydrogens (tertiary/aromatic N) is 1. The van der Waals surface area contributed by atoms with E-state index in [0.29, 0.717) is 25.9 Å². The van der Waals surface area contributed by atoms with Gasteiger partial charge in [-0.25, -0.2) is 4.79 Å². The Morgan fingerprint density at radius 3 is 2.13 bits per heavy atom. The van der Waals surface area contributed by atoms with Crippen molar-refractivity contribution >= 4 is 43.2 Å². The number of ether oxygens (including phenoxy) is 1. The maximum Gasteiger partial charge on any atom is 0.312 e. The van der Waals surface area contributed by atoms with E-state index in [1.807, 2.05) is 27.7 Å². The van der Waals surface area contributed by atoms with Crippen LogP contribution in [0.3, 0.4) is 0 Å². The smallest absolute Gasteiger partial charge is 0.312 e. The quantitative estimate of drug-likeness (QED) is 0.117. The van der Waals surface area contributed by atoms with Crippen LogP contribution in [0.25, 0.3) is 0 Å². The maximum absolute atomic E-state index is 12.9. The number of nitrogens with one attached hydrogen (secondary N) is 3. The normalized spacial score (nSPS) is 15.7. The highest BCUT2D eigenvalue weighted by molar-refractivity contribution is 6.59. The molecular weight excluding hydrogens is 505 g/mol. The van der Waals surface area contributed by atoms with Gasteiger partial charge in [0.1, 0.15) is 6.04 Å². The van der Waals surface area contributed by atoms with Crippen LogP contribution >= 0.6 is 0 Å². The summed E-state index contributed by atoms with van der Waals surface area (Å²) in [6.45, 7) is 11.4.